The van der Waals surface area contributed by atoms with E-state index >= 15 is 0 Å². The van der Waals surface area contributed by atoms with Gasteiger partial charge in [0, 0.05) is 13.6 Å². The third-order valence-corrected chi connectivity index (χ3v) is 4.65. The Kier molecular flexibility index (Phi) is 5.63. The maximum absolute atomic E-state index is 11.7. The molecule has 0 saturated heterocycles. The molecular weight excluding hydrogens is 202 g/mol. The lowest BCUT2D eigenvalue weighted by atomic mass is 10.1. The SMILES string of the molecule is CCC(C)CN(C)S(=O)(=O)C(C)CO. The van der Waals surface area contributed by atoms with Gasteiger partial charge >= 0.3 is 0 Å². The number of rotatable bonds is 6. The minimum atomic E-state index is -3.31. The largest absolute Gasteiger partial charge is 0.395 e. The molecular formula is C9H21NO3S. The highest BCUT2D eigenvalue weighted by molar-refractivity contribution is 7.89. The average molecular weight is 223 g/mol. The molecule has 0 bridgehead atoms. The maximum Gasteiger partial charge on any atom is 0.218 e. The molecule has 0 aliphatic rings. The van der Waals surface area contributed by atoms with E-state index in [0.29, 0.717) is 12.5 Å². The zero-order chi connectivity index (χ0) is 11.4. The van der Waals surface area contributed by atoms with Crippen molar-refractivity contribution in [1.82, 2.24) is 4.31 Å². The van der Waals surface area contributed by atoms with Crippen molar-refractivity contribution in [3.05, 3.63) is 0 Å². The summed E-state index contributed by atoms with van der Waals surface area (Å²) >= 11 is 0. The van der Waals surface area contributed by atoms with Crippen LogP contribution in [-0.4, -0.2) is 43.3 Å². The normalized spacial score (nSPS) is 17.0. The Morgan fingerprint density at radius 2 is 1.86 bits per heavy atom. The van der Waals surface area contributed by atoms with Crippen molar-refractivity contribution in [2.45, 2.75) is 32.4 Å². The first-order valence-corrected chi connectivity index (χ1v) is 6.42. The van der Waals surface area contributed by atoms with Crippen LogP contribution in [-0.2, 0) is 10.0 Å². The first-order chi connectivity index (χ1) is 6.36. The number of aliphatic hydroxyl groups excluding tert-OH is 1. The Labute approximate surface area is 87.0 Å². The Morgan fingerprint density at radius 1 is 1.36 bits per heavy atom. The third kappa shape index (κ3) is 3.55. The van der Waals surface area contributed by atoms with Gasteiger partial charge in [-0.2, -0.15) is 0 Å². The predicted molar refractivity (Wildman–Crippen MR) is 57.6 cm³/mol. The molecule has 0 aromatic rings. The van der Waals surface area contributed by atoms with Gasteiger partial charge in [0.2, 0.25) is 10.0 Å². The van der Waals surface area contributed by atoms with Gasteiger partial charge in [-0.3, -0.25) is 0 Å². The molecule has 0 aliphatic heterocycles. The van der Waals surface area contributed by atoms with Crippen LogP contribution in [0.25, 0.3) is 0 Å². The van der Waals surface area contributed by atoms with Crippen molar-refractivity contribution < 1.29 is 13.5 Å². The summed E-state index contributed by atoms with van der Waals surface area (Å²) in [6.07, 6.45) is 0.952. The van der Waals surface area contributed by atoms with Gasteiger partial charge in [-0.25, -0.2) is 12.7 Å². The fourth-order valence-corrected chi connectivity index (χ4v) is 2.34. The van der Waals surface area contributed by atoms with Gasteiger partial charge in [0.05, 0.1) is 11.9 Å². The molecule has 0 rings (SSSR count). The first kappa shape index (κ1) is 13.9. The van der Waals surface area contributed by atoms with Crippen molar-refractivity contribution in [3.63, 3.8) is 0 Å². The molecule has 2 unspecified atom stereocenters. The number of hydrogen-bond acceptors (Lipinski definition) is 3. The molecule has 14 heavy (non-hydrogen) atoms. The van der Waals surface area contributed by atoms with E-state index in [1.165, 1.54) is 11.2 Å². The maximum atomic E-state index is 11.7. The highest BCUT2D eigenvalue weighted by Crippen LogP contribution is 2.10. The molecule has 0 heterocycles. The van der Waals surface area contributed by atoms with Crippen molar-refractivity contribution in [2.24, 2.45) is 5.92 Å². The molecule has 0 fully saturated rings. The quantitative estimate of drug-likeness (QED) is 0.720. The number of nitrogens with zero attached hydrogens (tertiary/aromatic N) is 1. The Balaban J connectivity index is 4.44. The van der Waals surface area contributed by atoms with E-state index in [-0.39, 0.29) is 6.61 Å². The highest BCUT2D eigenvalue weighted by atomic mass is 32.2. The van der Waals surface area contributed by atoms with Crippen LogP contribution in [0, 0.1) is 5.92 Å². The minimum absolute atomic E-state index is 0.326. The summed E-state index contributed by atoms with van der Waals surface area (Å²) in [6.45, 7) is 5.75. The molecule has 0 aromatic heterocycles. The van der Waals surface area contributed by atoms with Gasteiger partial charge in [0.1, 0.15) is 0 Å². The smallest absolute Gasteiger partial charge is 0.218 e. The van der Waals surface area contributed by atoms with Gasteiger partial charge in [-0.05, 0) is 12.8 Å². The molecule has 5 heteroatoms. The van der Waals surface area contributed by atoms with Crippen LogP contribution in [0.4, 0.5) is 0 Å². The fraction of sp³-hybridized carbons (Fsp3) is 1.00. The van der Waals surface area contributed by atoms with Gasteiger partial charge in [0.15, 0.2) is 0 Å². The second-order valence-electron chi connectivity index (χ2n) is 3.83. The summed E-state index contributed by atoms with van der Waals surface area (Å²) in [6, 6.07) is 0. The zero-order valence-corrected chi connectivity index (χ0v) is 10.2. The van der Waals surface area contributed by atoms with Gasteiger partial charge < -0.3 is 5.11 Å². The second-order valence-corrected chi connectivity index (χ2v) is 6.29. The lowest BCUT2D eigenvalue weighted by Gasteiger charge is -2.23. The van der Waals surface area contributed by atoms with Crippen molar-refractivity contribution in [2.75, 3.05) is 20.2 Å². The number of aliphatic hydroxyl groups is 1. The summed E-state index contributed by atoms with van der Waals surface area (Å²) in [5, 5.41) is 8.09. The third-order valence-electron chi connectivity index (χ3n) is 2.47. The first-order valence-electron chi connectivity index (χ1n) is 4.92. The van der Waals surface area contributed by atoms with E-state index in [1.807, 2.05) is 13.8 Å². The van der Waals surface area contributed by atoms with Crippen LogP contribution in [0.2, 0.25) is 0 Å². The lowest BCUT2D eigenvalue weighted by molar-refractivity contribution is 0.288. The summed E-state index contributed by atoms with van der Waals surface area (Å²) in [5.74, 6) is 0.348. The van der Waals surface area contributed by atoms with E-state index in [1.54, 1.807) is 7.05 Å². The molecule has 1 N–H and O–H groups in total. The van der Waals surface area contributed by atoms with Gasteiger partial charge in [-0.1, -0.05) is 20.3 Å². The zero-order valence-electron chi connectivity index (χ0n) is 9.40. The Morgan fingerprint density at radius 3 is 2.21 bits per heavy atom. The molecule has 0 amide bonds. The van der Waals surface area contributed by atoms with E-state index < -0.39 is 15.3 Å². The summed E-state index contributed by atoms with van der Waals surface area (Å²) in [7, 11) is -1.75. The predicted octanol–water partition coefficient (Wildman–Crippen LogP) is 0.675. The van der Waals surface area contributed by atoms with Crippen LogP contribution >= 0.6 is 0 Å². The number of hydrogen-bond donors (Lipinski definition) is 1. The second kappa shape index (κ2) is 5.68. The molecule has 0 spiro atoms. The molecule has 4 nitrogen and oxygen atoms in total. The van der Waals surface area contributed by atoms with Crippen LogP contribution in [0.3, 0.4) is 0 Å². The topological polar surface area (TPSA) is 57.6 Å². The van der Waals surface area contributed by atoms with Crippen LogP contribution < -0.4 is 0 Å². The molecule has 0 saturated carbocycles. The van der Waals surface area contributed by atoms with E-state index in [9.17, 15) is 8.42 Å². The molecule has 0 radical (unpaired) electrons. The van der Waals surface area contributed by atoms with Crippen molar-refractivity contribution in [1.29, 1.82) is 0 Å². The van der Waals surface area contributed by atoms with Crippen molar-refractivity contribution >= 4 is 10.0 Å². The van der Waals surface area contributed by atoms with Crippen LogP contribution in [0.15, 0.2) is 0 Å². The Bertz CT molecular complexity index is 251. The van der Waals surface area contributed by atoms with Crippen LogP contribution in [0.1, 0.15) is 27.2 Å². The fourth-order valence-electron chi connectivity index (χ4n) is 1.07. The van der Waals surface area contributed by atoms with Crippen LogP contribution in [0.5, 0.6) is 0 Å². The van der Waals surface area contributed by atoms with Gasteiger partial charge in [-0.15, -0.1) is 0 Å². The van der Waals surface area contributed by atoms with E-state index in [2.05, 4.69) is 0 Å². The van der Waals surface area contributed by atoms with Crippen molar-refractivity contribution in [3.8, 4) is 0 Å². The molecule has 0 aliphatic carbocycles. The summed E-state index contributed by atoms with van der Waals surface area (Å²) in [5.41, 5.74) is 0. The van der Waals surface area contributed by atoms with E-state index in [4.69, 9.17) is 5.11 Å². The van der Waals surface area contributed by atoms with Gasteiger partial charge in [0.25, 0.3) is 0 Å². The number of sulfonamides is 1. The molecule has 2 atom stereocenters. The van der Waals surface area contributed by atoms with E-state index in [0.717, 1.165) is 6.42 Å². The monoisotopic (exact) mass is 223 g/mol. The standard InChI is InChI=1S/C9H21NO3S/c1-5-8(2)6-10(4)14(12,13)9(3)7-11/h8-9,11H,5-7H2,1-4H3. The lowest BCUT2D eigenvalue weighted by Crippen LogP contribution is -2.38. The molecule has 0 aromatic carbocycles. The molecule has 86 valence electrons. The minimum Gasteiger partial charge on any atom is -0.395 e. The summed E-state index contributed by atoms with van der Waals surface area (Å²) in [4.78, 5) is 0. The Hall–Kier alpha value is -0.130. The average Bonchev–Trinajstić information content (AvgIpc) is 2.15. The summed E-state index contributed by atoms with van der Waals surface area (Å²) < 4.78 is 24.7. The highest BCUT2D eigenvalue weighted by Gasteiger charge is 2.25.